The normalized spacial score (nSPS) is 14.5. The summed E-state index contributed by atoms with van der Waals surface area (Å²) >= 11 is 0. The van der Waals surface area contributed by atoms with Gasteiger partial charge in [-0.2, -0.15) is 0 Å². The van der Waals surface area contributed by atoms with Crippen molar-refractivity contribution in [3.05, 3.63) is 176 Å². The van der Waals surface area contributed by atoms with Crippen molar-refractivity contribution in [2.24, 2.45) is 0 Å². The van der Waals surface area contributed by atoms with E-state index in [1.54, 1.807) is 21.3 Å². The van der Waals surface area contributed by atoms with Gasteiger partial charge in [0.05, 0.1) is 22.4 Å². The van der Waals surface area contributed by atoms with Crippen LogP contribution in [0.15, 0.2) is 131 Å². The number of anilines is 2. The maximum absolute atomic E-state index is 15.1. The zero-order valence-electron chi connectivity index (χ0n) is 38.4. The lowest BCUT2D eigenvalue weighted by molar-refractivity contribution is 0.0684. The quantitative estimate of drug-likeness (QED) is 0.137. The third kappa shape index (κ3) is 10.1. The van der Waals surface area contributed by atoms with Crippen LogP contribution in [0.1, 0.15) is 45.7 Å². The predicted molar refractivity (Wildman–Crippen MR) is 272 cm³/mol. The molecule has 0 radical (unpaired) electrons. The summed E-state index contributed by atoms with van der Waals surface area (Å²) in [4.78, 5) is 56.8. The number of pyridine rings is 2. The summed E-state index contributed by atoms with van der Waals surface area (Å²) in [6.45, 7) is 12.2. The van der Waals surface area contributed by atoms with Crippen molar-refractivity contribution in [2.45, 2.75) is 40.0 Å². The van der Waals surface area contributed by atoms with Gasteiger partial charge in [0.25, 0.3) is 0 Å². The second kappa shape index (κ2) is 20.6. The van der Waals surface area contributed by atoms with E-state index in [9.17, 15) is 29.4 Å². The molecule has 0 aliphatic carbocycles. The minimum absolute atomic E-state index is 0. The molecule has 0 saturated carbocycles. The first-order chi connectivity index (χ1) is 32.9. The summed E-state index contributed by atoms with van der Waals surface area (Å²) in [5, 5.41) is 23.8. The van der Waals surface area contributed by atoms with E-state index in [2.05, 4.69) is 70.5 Å². The third-order valence-electron chi connectivity index (χ3n) is 13.3. The maximum atomic E-state index is 15.1. The summed E-state index contributed by atoms with van der Waals surface area (Å²) < 4.78 is 33.6. The van der Waals surface area contributed by atoms with E-state index >= 15 is 8.78 Å². The summed E-state index contributed by atoms with van der Waals surface area (Å²) in [5.41, 5.74) is 2.50. The van der Waals surface area contributed by atoms with Crippen molar-refractivity contribution in [3.63, 3.8) is 0 Å². The van der Waals surface area contributed by atoms with Crippen molar-refractivity contribution in [1.29, 1.82) is 0 Å². The Morgan fingerprint density at radius 2 is 0.870 bits per heavy atom. The molecular weight excluding hydrogens is 902 g/mol. The molecule has 6 aromatic carbocycles. The molecule has 0 bridgehead atoms. The van der Waals surface area contributed by atoms with E-state index in [0.717, 1.165) is 39.3 Å². The standard InChI is InChI=1S/2C27H26FN3O3.ClH/c2*1-2-30-17-22(27(33)34)26(32)21-14-23(28)25(15-24(21)30)31-11-9-29(10-12-31)16-18-7-8-19-5-3-4-6-20(19)13-18;/h2*3-8,13-15,17H,2,9-12,16H2,1H3,(H,33,34);1H. The molecule has 356 valence electrons. The summed E-state index contributed by atoms with van der Waals surface area (Å²) in [6.07, 6.45) is 2.69. The lowest BCUT2D eigenvalue weighted by Crippen LogP contribution is -2.46. The van der Waals surface area contributed by atoms with E-state index in [0.29, 0.717) is 61.7 Å². The molecule has 4 heterocycles. The first-order valence-electron chi connectivity index (χ1n) is 23.0. The average molecular weight is 956 g/mol. The first kappa shape index (κ1) is 48.3. The average Bonchev–Trinajstić information content (AvgIpc) is 3.35. The smallest absolute Gasteiger partial charge is 0.341 e. The van der Waals surface area contributed by atoms with Gasteiger partial charge in [-0.15, -0.1) is 12.4 Å². The predicted octanol–water partition coefficient (Wildman–Crippen LogP) is 9.09. The molecule has 0 spiro atoms. The van der Waals surface area contributed by atoms with Crippen molar-refractivity contribution in [2.75, 3.05) is 62.2 Å². The number of hydrogen-bond donors (Lipinski definition) is 2. The van der Waals surface area contributed by atoms with E-state index in [1.165, 1.54) is 57.2 Å². The summed E-state index contributed by atoms with van der Waals surface area (Å²) in [6, 6.07) is 35.4. The van der Waals surface area contributed by atoms with Gasteiger partial charge in [0.1, 0.15) is 22.8 Å². The molecule has 2 saturated heterocycles. The second-order valence-corrected chi connectivity index (χ2v) is 17.5. The fraction of sp³-hybridized carbons (Fsp3) is 0.259. The van der Waals surface area contributed by atoms with Gasteiger partial charge in [0.15, 0.2) is 0 Å². The fourth-order valence-electron chi connectivity index (χ4n) is 9.60. The number of carboxylic acid groups (broad SMARTS) is 2. The van der Waals surface area contributed by atoms with Crippen LogP contribution in [0.3, 0.4) is 0 Å². The largest absolute Gasteiger partial charge is 0.477 e. The highest BCUT2D eigenvalue weighted by Gasteiger charge is 2.25. The minimum atomic E-state index is -1.30. The Balaban J connectivity index is 0.000000183. The molecule has 15 heteroatoms. The highest BCUT2D eigenvalue weighted by atomic mass is 35.5. The van der Waals surface area contributed by atoms with Crippen molar-refractivity contribution < 1.29 is 28.6 Å². The Labute approximate surface area is 403 Å². The third-order valence-corrected chi connectivity index (χ3v) is 13.3. The molecule has 69 heavy (non-hydrogen) atoms. The van der Waals surface area contributed by atoms with Crippen LogP contribution in [-0.2, 0) is 26.2 Å². The van der Waals surface area contributed by atoms with Gasteiger partial charge in [-0.05, 0) is 82.9 Å². The zero-order valence-corrected chi connectivity index (χ0v) is 39.2. The Bertz CT molecular complexity index is 3140. The maximum Gasteiger partial charge on any atom is 0.341 e. The molecule has 2 aliphatic heterocycles. The molecule has 8 aromatic rings. The van der Waals surface area contributed by atoms with Crippen LogP contribution in [0.5, 0.6) is 0 Å². The van der Waals surface area contributed by atoms with Gasteiger partial charge in [0.2, 0.25) is 10.9 Å². The number of benzene rings is 6. The first-order valence-corrected chi connectivity index (χ1v) is 23.0. The number of aryl methyl sites for hydroxylation is 2. The molecule has 0 amide bonds. The molecule has 2 fully saturated rings. The molecule has 0 atom stereocenters. The number of fused-ring (bicyclic) bond motifs is 4. The fourth-order valence-corrected chi connectivity index (χ4v) is 9.60. The van der Waals surface area contributed by atoms with Gasteiger partial charge >= 0.3 is 11.9 Å². The van der Waals surface area contributed by atoms with E-state index < -0.39 is 34.4 Å². The number of rotatable bonds is 10. The molecule has 12 nitrogen and oxygen atoms in total. The Morgan fingerprint density at radius 1 is 0.507 bits per heavy atom. The Hall–Kier alpha value is -7.13. The monoisotopic (exact) mass is 954 g/mol. The van der Waals surface area contributed by atoms with Crippen molar-refractivity contribution in [3.8, 4) is 0 Å². The molecule has 0 unspecified atom stereocenters. The minimum Gasteiger partial charge on any atom is -0.477 e. The Kier molecular flexibility index (Phi) is 14.4. The van der Waals surface area contributed by atoms with Crippen LogP contribution in [-0.4, -0.2) is 93.4 Å². The highest BCUT2D eigenvalue weighted by Crippen LogP contribution is 2.29. The van der Waals surface area contributed by atoms with Gasteiger partial charge in [-0.25, -0.2) is 18.4 Å². The number of piperazine rings is 2. The van der Waals surface area contributed by atoms with Gasteiger partial charge in [0, 0.05) is 102 Å². The lowest BCUT2D eigenvalue weighted by Gasteiger charge is -2.36. The number of aromatic nitrogens is 2. The number of carbonyl (C=O) groups is 2. The zero-order chi connectivity index (χ0) is 47.6. The van der Waals surface area contributed by atoms with Gasteiger partial charge < -0.3 is 29.1 Å². The number of halogens is 3. The van der Waals surface area contributed by atoms with Crippen molar-refractivity contribution >= 4 is 79.1 Å². The van der Waals surface area contributed by atoms with Crippen LogP contribution < -0.4 is 20.7 Å². The topological polar surface area (TPSA) is 132 Å². The highest BCUT2D eigenvalue weighted by molar-refractivity contribution is 5.95. The number of aromatic carboxylic acids is 2. The molecule has 2 aliphatic rings. The van der Waals surface area contributed by atoms with Crippen molar-refractivity contribution in [1.82, 2.24) is 18.9 Å². The molecule has 2 aromatic heterocycles. The molecule has 2 N–H and O–H groups in total. The molecule has 10 rings (SSSR count). The Morgan fingerprint density at radius 3 is 1.22 bits per heavy atom. The van der Waals surface area contributed by atoms with Gasteiger partial charge in [-0.1, -0.05) is 72.8 Å². The van der Waals surface area contributed by atoms with Gasteiger partial charge in [-0.3, -0.25) is 19.4 Å². The number of hydrogen-bond acceptors (Lipinski definition) is 8. The number of nitrogens with zero attached hydrogens (tertiary/aromatic N) is 6. The van der Waals surface area contributed by atoms with Crippen LogP contribution in [0, 0.1) is 11.6 Å². The number of carboxylic acids is 2. The SMILES string of the molecule is CCn1cc(C(=O)O)c(=O)c2cc(F)c(N3CCN(Cc4ccc5ccccc5c4)CC3)cc21.CCn1cc(C(=O)O)c(=O)c2cc(F)c(N3CCN(Cc4ccc5ccccc5c4)CC3)cc21.Cl. The van der Waals surface area contributed by atoms with Crippen LogP contribution in [0.25, 0.3) is 43.4 Å². The lowest BCUT2D eigenvalue weighted by atomic mass is 10.1. The second-order valence-electron chi connectivity index (χ2n) is 17.5. The van der Waals surface area contributed by atoms with Crippen LogP contribution >= 0.6 is 12.4 Å². The van der Waals surface area contributed by atoms with E-state index in [4.69, 9.17) is 0 Å². The van der Waals surface area contributed by atoms with E-state index in [1.807, 2.05) is 47.9 Å². The van der Waals surface area contributed by atoms with Crippen LogP contribution in [0.2, 0.25) is 0 Å². The van der Waals surface area contributed by atoms with E-state index in [-0.39, 0.29) is 34.3 Å². The molecular formula is C54H53ClF2N6O6. The summed E-state index contributed by atoms with van der Waals surface area (Å²) in [7, 11) is 0. The summed E-state index contributed by atoms with van der Waals surface area (Å²) in [5.74, 6) is -3.61. The van der Waals surface area contributed by atoms with Crippen LogP contribution in [0.4, 0.5) is 20.2 Å².